The van der Waals surface area contributed by atoms with Crippen molar-refractivity contribution in [1.82, 2.24) is 0 Å². The van der Waals surface area contributed by atoms with Gasteiger partial charge in [-0.2, -0.15) is 0 Å². The van der Waals surface area contributed by atoms with Crippen LogP contribution < -0.4 is 19.6 Å². The van der Waals surface area contributed by atoms with E-state index in [9.17, 15) is 0 Å². The third-order valence-corrected chi connectivity index (χ3v) is 19.0. The van der Waals surface area contributed by atoms with Gasteiger partial charge in [-0.3, -0.25) is 0 Å². The zero-order valence-electron chi connectivity index (χ0n) is 38.4. The second kappa shape index (κ2) is 15.9. The van der Waals surface area contributed by atoms with Crippen LogP contribution in [0.3, 0.4) is 0 Å². The van der Waals surface area contributed by atoms with Gasteiger partial charge in [-0.05, 0) is 119 Å². The number of para-hydroxylation sites is 8. The van der Waals surface area contributed by atoms with Crippen molar-refractivity contribution >= 4 is 148 Å². The summed E-state index contributed by atoms with van der Waals surface area (Å²) in [6.07, 6.45) is 0. The molecule has 0 saturated heterocycles. The summed E-state index contributed by atoms with van der Waals surface area (Å²) in [6.45, 7) is 0. The number of rotatable bonds is 4. The maximum Gasteiger partial charge on any atom is 0.0961 e. The van der Waals surface area contributed by atoms with Crippen LogP contribution in [0, 0.1) is 0 Å². The first-order chi connectivity index (χ1) is 35.7. The minimum absolute atomic E-state index is 1.10. The second-order valence-electron chi connectivity index (χ2n) is 18.4. The van der Waals surface area contributed by atoms with E-state index in [-0.39, 0.29) is 0 Å². The molecule has 0 amide bonds. The second-order valence-corrected chi connectivity index (χ2v) is 22.7. The Labute approximate surface area is 433 Å². The van der Waals surface area contributed by atoms with Crippen LogP contribution in [0.2, 0.25) is 0 Å². The molecular formula is C64H38N4S4. The maximum absolute atomic E-state index is 2.63. The van der Waals surface area contributed by atoms with E-state index < -0.39 is 0 Å². The molecule has 0 N–H and O–H groups in total. The summed E-state index contributed by atoms with van der Waals surface area (Å²) in [5, 5.41) is 7.27. The third kappa shape index (κ3) is 5.89. The highest BCUT2D eigenvalue weighted by Crippen LogP contribution is 2.67. The van der Waals surface area contributed by atoms with Crippen LogP contribution in [0.1, 0.15) is 0 Å². The quantitative estimate of drug-likeness (QED) is 0.160. The van der Waals surface area contributed by atoms with Gasteiger partial charge in [0.2, 0.25) is 0 Å². The molecule has 0 radical (unpaired) electrons. The minimum atomic E-state index is 1.10. The molecule has 8 heteroatoms. The summed E-state index contributed by atoms with van der Waals surface area (Å²) in [5.74, 6) is 0. The van der Waals surface area contributed by atoms with Gasteiger partial charge in [0.15, 0.2) is 0 Å². The lowest BCUT2D eigenvalue weighted by Gasteiger charge is -2.44. The average molecular weight is 991 g/mol. The van der Waals surface area contributed by atoms with Crippen LogP contribution in [0.15, 0.2) is 270 Å². The van der Waals surface area contributed by atoms with Gasteiger partial charge >= 0.3 is 0 Å². The molecule has 4 aliphatic heterocycles. The van der Waals surface area contributed by atoms with Crippen LogP contribution in [0.5, 0.6) is 0 Å². The summed E-state index contributed by atoms with van der Waals surface area (Å²) in [5.41, 5.74) is 13.7. The van der Waals surface area contributed by atoms with Crippen molar-refractivity contribution in [1.29, 1.82) is 0 Å². The Kier molecular flexibility index (Phi) is 9.04. The SMILES string of the molecule is c1ccc2c(c1)Sc1ccccc1N2c1c(N2c3ccccc3Sc3ccccc32)c2ccc3cccc4cc(N5c6ccccc6Sc6ccccc65)c(c1N1c5ccccc5Sc5ccccc51)c2c34. The Hall–Kier alpha value is -7.72. The third-order valence-electron chi connectivity index (χ3n) is 14.5. The summed E-state index contributed by atoms with van der Waals surface area (Å²) in [6, 6.07) is 86.1. The summed E-state index contributed by atoms with van der Waals surface area (Å²) < 4.78 is 0. The first-order valence-corrected chi connectivity index (χ1v) is 27.4. The van der Waals surface area contributed by atoms with Crippen molar-refractivity contribution in [3.63, 3.8) is 0 Å². The molecule has 12 aromatic carbocycles. The highest BCUT2D eigenvalue weighted by Gasteiger charge is 2.41. The average Bonchev–Trinajstić information content (AvgIpc) is 3.44. The van der Waals surface area contributed by atoms with Crippen LogP contribution in [0.4, 0.5) is 68.2 Å². The number of fused-ring (bicyclic) bond motifs is 8. The molecule has 0 aromatic heterocycles. The van der Waals surface area contributed by atoms with Crippen LogP contribution in [-0.4, -0.2) is 0 Å². The monoisotopic (exact) mass is 990 g/mol. The predicted molar refractivity (Wildman–Crippen MR) is 305 cm³/mol. The van der Waals surface area contributed by atoms with Crippen LogP contribution in [0.25, 0.3) is 32.3 Å². The van der Waals surface area contributed by atoms with Gasteiger partial charge in [-0.1, -0.05) is 174 Å². The first kappa shape index (κ1) is 41.0. The molecule has 0 aliphatic carbocycles. The molecular weight excluding hydrogens is 953 g/mol. The normalized spacial score (nSPS) is 14.1. The van der Waals surface area contributed by atoms with Gasteiger partial charge < -0.3 is 19.6 Å². The molecule has 0 fully saturated rings. The Morgan fingerprint density at radius 1 is 0.208 bits per heavy atom. The van der Waals surface area contributed by atoms with Gasteiger partial charge in [-0.15, -0.1) is 0 Å². The van der Waals surface area contributed by atoms with E-state index in [1.807, 2.05) is 47.0 Å². The van der Waals surface area contributed by atoms with E-state index in [0.717, 1.165) is 56.9 Å². The van der Waals surface area contributed by atoms with Gasteiger partial charge in [0.1, 0.15) is 0 Å². The van der Waals surface area contributed by atoms with Crippen molar-refractivity contribution in [3.8, 4) is 0 Å². The Morgan fingerprint density at radius 2 is 0.528 bits per heavy atom. The van der Waals surface area contributed by atoms with Crippen molar-refractivity contribution in [2.75, 3.05) is 19.6 Å². The maximum atomic E-state index is 2.63. The topological polar surface area (TPSA) is 13.0 Å². The van der Waals surface area contributed by atoms with E-state index in [4.69, 9.17) is 0 Å². The molecule has 4 aliphatic rings. The van der Waals surface area contributed by atoms with E-state index in [0.29, 0.717) is 0 Å². The lowest BCUT2D eigenvalue weighted by atomic mass is 9.88. The predicted octanol–water partition coefficient (Wildman–Crippen LogP) is 20.3. The Balaban J connectivity index is 1.20. The number of hydrogen-bond donors (Lipinski definition) is 0. The molecule has 338 valence electrons. The van der Waals surface area contributed by atoms with E-state index in [1.165, 1.54) is 82.9 Å². The van der Waals surface area contributed by atoms with E-state index in [2.05, 4.69) is 250 Å². The van der Waals surface area contributed by atoms with Gasteiger partial charge in [-0.25, -0.2) is 0 Å². The number of benzene rings is 12. The number of nitrogens with zero attached hydrogens (tertiary/aromatic N) is 4. The molecule has 0 saturated carbocycles. The zero-order valence-corrected chi connectivity index (χ0v) is 41.6. The zero-order chi connectivity index (χ0) is 47.0. The first-order valence-electron chi connectivity index (χ1n) is 24.2. The fourth-order valence-electron chi connectivity index (χ4n) is 11.6. The fraction of sp³-hybridized carbons (Fsp3) is 0. The largest absolute Gasteiger partial charge is 0.307 e. The van der Waals surface area contributed by atoms with E-state index in [1.54, 1.807) is 0 Å². The molecule has 0 atom stereocenters. The number of hydrogen-bond acceptors (Lipinski definition) is 8. The summed E-state index contributed by atoms with van der Waals surface area (Å²) in [7, 11) is 0. The van der Waals surface area contributed by atoms with Gasteiger partial charge in [0, 0.05) is 55.3 Å². The lowest BCUT2D eigenvalue weighted by molar-refractivity contribution is 1.11. The van der Waals surface area contributed by atoms with Crippen molar-refractivity contribution in [2.45, 2.75) is 39.2 Å². The standard InChI is InChI=1S/C64H38N4S4/c1-9-28-51-42(20-1)65(43-21-2-10-29-52(43)69-51)50-38-40-19-17-18-39-36-37-41-60(59(39)40)61(50)63(67-46-24-5-13-32-55(46)71-56-33-14-6-25-47(56)67)64(68-48-26-7-15-34-57(48)72-58-35-16-8-27-49(58)68)62(41)66-44-22-3-11-30-53(44)70-54-31-12-4-23-45(54)66/h1-38H. The number of anilines is 12. The Morgan fingerprint density at radius 3 is 0.917 bits per heavy atom. The molecule has 0 bridgehead atoms. The van der Waals surface area contributed by atoms with Crippen molar-refractivity contribution in [3.05, 3.63) is 231 Å². The van der Waals surface area contributed by atoms with E-state index >= 15 is 0 Å². The smallest absolute Gasteiger partial charge is 0.0961 e. The highest BCUT2D eigenvalue weighted by molar-refractivity contribution is 8.00. The van der Waals surface area contributed by atoms with Gasteiger partial charge in [0.05, 0.1) is 68.2 Å². The molecule has 0 unspecified atom stereocenters. The van der Waals surface area contributed by atoms with Crippen LogP contribution in [-0.2, 0) is 0 Å². The van der Waals surface area contributed by atoms with Crippen molar-refractivity contribution < 1.29 is 0 Å². The molecule has 4 heterocycles. The fourth-order valence-corrected chi connectivity index (χ4v) is 15.8. The lowest BCUT2D eigenvalue weighted by Crippen LogP contribution is -2.25. The molecule has 12 aromatic rings. The molecule has 4 nitrogen and oxygen atoms in total. The van der Waals surface area contributed by atoms with Crippen LogP contribution >= 0.6 is 47.0 Å². The molecule has 72 heavy (non-hydrogen) atoms. The Bertz CT molecular complexity index is 4060. The van der Waals surface area contributed by atoms with Gasteiger partial charge in [0.25, 0.3) is 0 Å². The molecule has 0 spiro atoms. The summed E-state index contributed by atoms with van der Waals surface area (Å²) >= 11 is 7.42. The highest BCUT2D eigenvalue weighted by atomic mass is 32.2. The molecule has 16 rings (SSSR count). The van der Waals surface area contributed by atoms with Crippen molar-refractivity contribution in [2.24, 2.45) is 0 Å². The summed E-state index contributed by atoms with van der Waals surface area (Å²) in [4.78, 5) is 20.2. The minimum Gasteiger partial charge on any atom is -0.307 e.